The summed E-state index contributed by atoms with van der Waals surface area (Å²) in [6.07, 6.45) is 0. The van der Waals surface area contributed by atoms with Crippen molar-refractivity contribution < 1.29 is 0 Å². The molecule has 0 N–H and O–H groups in total. The van der Waals surface area contributed by atoms with Crippen molar-refractivity contribution in [1.82, 2.24) is 4.90 Å². The monoisotopic (exact) mass is 177 g/mol. The van der Waals surface area contributed by atoms with Crippen LogP contribution in [0.25, 0.3) is 0 Å². The van der Waals surface area contributed by atoms with Crippen molar-refractivity contribution >= 4 is 0 Å². The molecule has 1 nitrogen and oxygen atoms in total. The molecule has 0 unspecified atom stereocenters. The van der Waals surface area contributed by atoms with Gasteiger partial charge in [0.1, 0.15) is 0 Å². The third-order valence-electron chi connectivity index (χ3n) is 2.58. The summed E-state index contributed by atoms with van der Waals surface area (Å²) in [5.74, 6) is 0. The van der Waals surface area contributed by atoms with E-state index >= 15 is 0 Å². The molecular weight excluding hydrogens is 158 g/mol. The molecule has 0 aliphatic carbocycles. The Labute approximate surface area is 81.4 Å². The van der Waals surface area contributed by atoms with E-state index in [2.05, 4.69) is 51.9 Å². The lowest BCUT2D eigenvalue weighted by Crippen LogP contribution is -2.13. The molecule has 13 heavy (non-hydrogen) atoms. The van der Waals surface area contributed by atoms with Crippen LogP contribution in [0.2, 0.25) is 0 Å². The van der Waals surface area contributed by atoms with Gasteiger partial charge in [-0.2, -0.15) is 0 Å². The summed E-state index contributed by atoms with van der Waals surface area (Å²) in [6, 6.07) is 4.41. The number of aryl methyl sites for hydroxylation is 2. The van der Waals surface area contributed by atoms with Crippen molar-refractivity contribution in [3.63, 3.8) is 0 Å². The van der Waals surface area contributed by atoms with E-state index in [1.165, 1.54) is 22.3 Å². The molecule has 1 heteroatoms. The van der Waals surface area contributed by atoms with Crippen molar-refractivity contribution in [2.45, 2.75) is 27.3 Å². The molecule has 0 heterocycles. The maximum atomic E-state index is 2.22. The smallest absolute Gasteiger partial charge is 0.0232 e. The Kier molecular flexibility index (Phi) is 3.10. The van der Waals surface area contributed by atoms with E-state index < -0.39 is 0 Å². The lowest BCUT2D eigenvalue weighted by Gasteiger charge is -2.16. The Balaban J connectivity index is 3.10. The fraction of sp³-hybridized carbons (Fsp3) is 0.500. The average Bonchev–Trinajstić information content (AvgIpc) is 2.05. The molecule has 0 saturated heterocycles. The van der Waals surface area contributed by atoms with E-state index in [1.54, 1.807) is 0 Å². The standard InChI is InChI=1S/C12H19N/c1-9-6-7-10(2)12(11(9)3)8-13(4)5/h6-7H,8H2,1-5H3. The van der Waals surface area contributed by atoms with Gasteiger partial charge in [-0.25, -0.2) is 0 Å². The first-order valence-corrected chi connectivity index (χ1v) is 4.72. The van der Waals surface area contributed by atoms with Gasteiger partial charge in [0, 0.05) is 6.54 Å². The molecule has 0 atom stereocenters. The van der Waals surface area contributed by atoms with Gasteiger partial charge in [0.2, 0.25) is 0 Å². The molecule has 0 aliphatic heterocycles. The highest BCUT2D eigenvalue weighted by molar-refractivity contribution is 5.38. The van der Waals surface area contributed by atoms with E-state index in [-0.39, 0.29) is 0 Å². The predicted octanol–water partition coefficient (Wildman–Crippen LogP) is 2.67. The summed E-state index contributed by atoms with van der Waals surface area (Å²) in [7, 11) is 4.22. The minimum atomic E-state index is 1.04. The van der Waals surface area contributed by atoms with Crippen LogP contribution in [0.4, 0.5) is 0 Å². The van der Waals surface area contributed by atoms with Crippen molar-refractivity contribution in [2.24, 2.45) is 0 Å². The van der Waals surface area contributed by atoms with Crippen LogP contribution < -0.4 is 0 Å². The van der Waals surface area contributed by atoms with Crippen molar-refractivity contribution in [3.05, 3.63) is 34.4 Å². The van der Waals surface area contributed by atoms with Crippen LogP contribution in [0.3, 0.4) is 0 Å². The second-order valence-electron chi connectivity index (χ2n) is 4.04. The molecule has 1 aromatic rings. The van der Waals surface area contributed by atoms with Gasteiger partial charge in [0.15, 0.2) is 0 Å². The molecule has 0 saturated carbocycles. The Morgan fingerprint density at radius 1 is 1.00 bits per heavy atom. The minimum Gasteiger partial charge on any atom is -0.305 e. The van der Waals surface area contributed by atoms with Gasteiger partial charge >= 0.3 is 0 Å². The zero-order chi connectivity index (χ0) is 10.0. The van der Waals surface area contributed by atoms with Crippen LogP contribution in [0.1, 0.15) is 22.3 Å². The number of hydrogen-bond donors (Lipinski definition) is 0. The van der Waals surface area contributed by atoms with E-state index in [4.69, 9.17) is 0 Å². The van der Waals surface area contributed by atoms with Crippen molar-refractivity contribution in [2.75, 3.05) is 14.1 Å². The van der Waals surface area contributed by atoms with Gasteiger partial charge in [-0.1, -0.05) is 12.1 Å². The topological polar surface area (TPSA) is 3.24 Å². The minimum absolute atomic E-state index is 1.04. The first kappa shape index (κ1) is 10.3. The van der Waals surface area contributed by atoms with Crippen LogP contribution in [0.5, 0.6) is 0 Å². The van der Waals surface area contributed by atoms with Crippen molar-refractivity contribution in [1.29, 1.82) is 0 Å². The second-order valence-corrected chi connectivity index (χ2v) is 4.04. The van der Waals surface area contributed by atoms with E-state index in [0.717, 1.165) is 6.54 Å². The van der Waals surface area contributed by atoms with Gasteiger partial charge in [-0.05, 0) is 57.1 Å². The molecule has 0 fully saturated rings. The second kappa shape index (κ2) is 3.93. The van der Waals surface area contributed by atoms with Gasteiger partial charge < -0.3 is 4.90 Å². The highest BCUT2D eigenvalue weighted by Crippen LogP contribution is 2.18. The Morgan fingerprint density at radius 2 is 1.54 bits per heavy atom. The molecule has 0 aromatic heterocycles. The van der Waals surface area contributed by atoms with E-state index in [9.17, 15) is 0 Å². The average molecular weight is 177 g/mol. The van der Waals surface area contributed by atoms with Gasteiger partial charge in [-0.3, -0.25) is 0 Å². The molecule has 1 aromatic carbocycles. The molecule has 0 bridgehead atoms. The van der Waals surface area contributed by atoms with Crippen LogP contribution >= 0.6 is 0 Å². The lowest BCUT2D eigenvalue weighted by atomic mass is 9.98. The first-order valence-electron chi connectivity index (χ1n) is 4.72. The largest absolute Gasteiger partial charge is 0.305 e. The highest BCUT2D eigenvalue weighted by Gasteiger charge is 2.05. The Hall–Kier alpha value is -0.820. The lowest BCUT2D eigenvalue weighted by molar-refractivity contribution is 0.400. The Morgan fingerprint density at radius 3 is 2.08 bits per heavy atom. The van der Waals surface area contributed by atoms with Crippen LogP contribution in [0, 0.1) is 20.8 Å². The van der Waals surface area contributed by atoms with Gasteiger partial charge in [0.25, 0.3) is 0 Å². The predicted molar refractivity (Wildman–Crippen MR) is 58.0 cm³/mol. The summed E-state index contributed by atoms with van der Waals surface area (Å²) in [5, 5.41) is 0. The highest BCUT2D eigenvalue weighted by atomic mass is 15.0. The Bertz CT molecular complexity index is 300. The van der Waals surface area contributed by atoms with Gasteiger partial charge in [0.05, 0.1) is 0 Å². The molecule has 1 rings (SSSR count). The quantitative estimate of drug-likeness (QED) is 0.671. The fourth-order valence-corrected chi connectivity index (χ4v) is 1.57. The van der Waals surface area contributed by atoms with Gasteiger partial charge in [-0.15, -0.1) is 0 Å². The number of rotatable bonds is 2. The zero-order valence-corrected chi connectivity index (χ0v) is 9.31. The van der Waals surface area contributed by atoms with Crippen LogP contribution in [-0.4, -0.2) is 19.0 Å². The van der Waals surface area contributed by atoms with Crippen molar-refractivity contribution in [3.8, 4) is 0 Å². The number of nitrogens with zero attached hydrogens (tertiary/aromatic N) is 1. The molecule has 0 amide bonds. The summed E-state index contributed by atoms with van der Waals surface area (Å²) < 4.78 is 0. The maximum Gasteiger partial charge on any atom is 0.0232 e. The molecule has 0 aliphatic rings. The summed E-state index contributed by atoms with van der Waals surface area (Å²) >= 11 is 0. The first-order chi connectivity index (χ1) is 6.02. The molecule has 0 radical (unpaired) electrons. The third kappa shape index (κ3) is 2.31. The number of benzene rings is 1. The zero-order valence-electron chi connectivity index (χ0n) is 9.31. The van der Waals surface area contributed by atoms with E-state index in [1.807, 2.05) is 0 Å². The van der Waals surface area contributed by atoms with E-state index in [0.29, 0.717) is 0 Å². The normalized spacial score (nSPS) is 10.9. The molecular formula is C12H19N. The number of hydrogen-bond acceptors (Lipinski definition) is 1. The van der Waals surface area contributed by atoms with Crippen LogP contribution in [0.15, 0.2) is 12.1 Å². The summed E-state index contributed by atoms with van der Waals surface area (Å²) in [5.41, 5.74) is 5.71. The SMILES string of the molecule is Cc1ccc(C)c(CN(C)C)c1C. The third-order valence-corrected chi connectivity index (χ3v) is 2.58. The maximum absolute atomic E-state index is 2.22. The fourth-order valence-electron chi connectivity index (χ4n) is 1.57. The molecule has 72 valence electrons. The summed E-state index contributed by atoms with van der Waals surface area (Å²) in [6.45, 7) is 7.61. The van der Waals surface area contributed by atoms with Crippen LogP contribution in [-0.2, 0) is 6.54 Å². The molecule has 0 spiro atoms. The summed E-state index contributed by atoms with van der Waals surface area (Å²) in [4.78, 5) is 2.22.